The van der Waals surface area contributed by atoms with Gasteiger partial charge in [-0.15, -0.1) is 0 Å². The highest BCUT2D eigenvalue weighted by molar-refractivity contribution is 5.91. The van der Waals surface area contributed by atoms with Gasteiger partial charge in [0.15, 0.2) is 0 Å². The van der Waals surface area contributed by atoms with E-state index in [-0.39, 0.29) is 13.0 Å². The van der Waals surface area contributed by atoms with Crippen LogP contribution in [0.3, 0.4) is 0 Å². The van der Waals surface area contributed by atoms with Crippen molar-refractivity contribution in [3.63, 3.8) is 0 Å². The van der Waals surface area contributed by atoms with Gasteiger partial charge in [0.25, 0.3) is 0 Å². The molecule has 2 saturated heterocycles. The Labute approximate surface area is 163 Å². The molecule has 2 heterocycles. The van der Waals surface area contributed by atoms with Crippen molar-refractivity contribution < 1.29 is 29.3 Å². The summed E-state index contributed by atoms with van der Waals surface area (Å²) >= 11 is 0. The van der Waals surface area contributed by atoms with Crippen LogP contribution < -0.4 is 4.90 Å². The lowest BCUT2D eigenvalue weighted by Crippen LogP contribution is -2.63. The lowest BCUT2D eigenvalue weighted by Gasteiger charge is -2.43. The first kappa shape index (κ1) is 19.9. The van der Waals surface area contributed by atoms with Gasteiger partial charge in [-0.25, -0.2) is 4.79 Å². The fourth-order valence-electron chi connectivity index (χ4n) is 3.91. The van der Waals surface area contributed by atoms with Crippen molar-refractivity contribution in [1.29, 1.82) is 0 Å². The van der Waals surface area contributed by atoms with Gasteiger partial charge in [0.05, 0.1) is 25.7 Å². The third kappa shape index (κ3) is 4.04. The molecule has 0 aromatic heterocycles. The predicted molar refractivity (Wildman–Crippen MR) is 99.9 cm³/mol. The number of carboxylic acids is 1. The molecule has 9 nitrogen and oxygen atoms in total. The molecule has 152 valence electrons. The zero-order valence-corrected chi connectivity index (χ0v) is 15.7. The Morgan fingerprint density at radius 3 is 2.29 bits per heavy atom. The van der Waals surface area contributed by atoms with Gasteiger partial charge in [0.2, 0.25) is 5.91 Å². The van der Waals surface area contributed by atoms with Crippen LogP contribution in [-0.4, -0.2) is 90.0 Å². The van der Waals surface area contributed by atoms with E-state index in [0.29, 0.717) is 26.2 Å². The second kappa shape index (κ2) is 8.47. The summed E-state index contributed by atoms with van der Waals surface area (Å²) in [6.07, 6.45) is -1.91. The number of piperidine rings is 1. The Morgan fingerprint density at radius 1 is 1.07 bits per heavy atom. The minimum Gasteiger partial charge on any atom is -0.481 e. The van der Waals surface area contributed by atoms with Crippen LogP contribution in [0.5, 0.6) is 0 Å². The molecule has 2 amide bonds. The number of carbonyl (C=O) groups is 3. The van der Waals surface area contributed by atoms with Crippen LogP contribution in [0.15, 0.2) is 30.3 Å². The number of para-hydroxylation sites is 1. The molecule has 2 aliphatic heterocycles. The molecule has 28 heavy (non-hydrogen) atoms. The average molecular weight is 391 g/mol. The maximum atomic E-state index is 13.2. The van der Waals surface area contributed by atoms with Gasteiger partial charge < -0.3 is 24.7 Å². The second-order valence-corrected chi connectivity index (χ2v) is 7.05. The zero-order valence-electron chi connectivity index (χ0n) is 15.7. The molecule has 3 rings (SSSR count). The van der Waals surface area contributed by atoms with Crippen molar-refractivity contribution in [3.05, 3.63) is 30.3 Å². The van der Waals surface area contributed by atoms with Gasteiger partial charge in [0.1, 0.15) is 6.04 Å². The van der Waals surface area contributed by atoms with E-state index >= 15 is 0 Å². The number of likely N-dealkylation sites (tertiary alicyclic amines) is 1. The van der Waals surface area contributed by atoms with Crippen LogP contribution in [0.4, 0.5) is 10.5 Å². The lowest BCUT2D eigenvalue weighted by atomic mass is 9.86. The molecule has 0 radical (unpaired) electrons. The van der Waals surface area contributed by atoms with Gasteiger partial charge >= 0.3 is 12.1 Å². The second-order valence-electron chi connectivity index (χ2n) is 7.05. The average Bonchev–Trinajstić information content (AvgIpc) is 2.72. The Balaban J connectivity index is 1.74. The molecule has 0 saturated carbocycles. The predicted octanol–water partition coefficient (Wildman–Crippen LogP) is 0.238. The molecule has 2 fully saturated rings. The first-order chi connectivity index (χ1) is 13.4. The summed E-state index contributed by atoms with van der Waals surface area (Å²) in [6.45, 7) is 1.95. The minimum absolute atomic E-state index is 0.0801. The highest BCUT2D eigenvalue weighted by atomic mass is 16.5. The number of anilines is 1. The molecule has 1 aromatic rings. The van der Waals surface area contributed by atoms with Gasteiger partial charge in [-0.3, -0.25) is 14.5 Å². The first-order valence-corrected chi connectivity index (χ1v) is 9.26. The Bertz CT molecular complexity index is 720. The highest BCUT2D eigenvalue weighted by Gasteiger charge is 2.48. The molecule has 2 aliphatic rings. The van der Waals surface area contributed by atoms with E-state index in [4.69, 9.17) is 4.74 Å². The van der Waals surface area contributed by atoms with Gasteiger partial charge in [0, 0.05) is 31.9 Å². The number of rotatable bonds is 3. The SMILES string of the molecule is COC(=O)N1CC(O)CC(C(=O)O)C1C(=O)N1CCN(c2ccccc2)CC1. The molecule has 0 spiro atoms. The summed E-state index contributed by atoms with van der Waals surface area (Å²) in [4.78, 5) is 41.8. The van der Waals surface area contributed by atoms with E-state index in [9.17, 15) is 24.6 Å². The molecule has 0 bridgehead atoms. The van der Waals surface area contributed by atoms with Crippen LogP contribution in [0.25, 0.3) is 0 Å². The van der Waals surface area contributed by atoms with Gasteiger partial charge in [-0.1, -0.05) is 18.2 Å². The maximum Gasteiger partial charge on any atom is 0.410 e. The summed E-state index contributed by atoms with van der Waals surface area (Å²) in [5, 5.41) is 19.5. The third-order valence-corrected chi connectivity index (χ3v) is 5.34. The van der Waals surface area contributed by atoms with E-state index in [1.807, 2.05) is 30.3 Å². The molecule has 3 atom stereocenters. The van der Waals surface area contributed by atoms with Crippen molar-refractivity contribution >= 4 is 23.7 Å². The largest absolute Gasteiger partial charge is 0.481 e. The molecular formula is C19H25N3O6. The minimum atomic E-state index is -1.21. The maximum absolute atomic E-state index is 13.2. The van der Waals surface area contributed by atoms with Crippen LogP contribution in [0.1, 0.15) is 6.42 Å². The number of nitrogens with zero attached hydrogens (tertiary/aromatic N) is 3. The van der Waals surface area contributed by atoms with Crippen molar-refractivity contribution in [2.24, 2.45) is 5.92 Å². The number of hydrogen-bond donors (Lipinski definition) is 2. The van der Waals surface area contributed by atoms with E-state index in [0.717, 1.165) is 10.6 Å². The quantitative estimate of drug-likeness (QED) is 0.759. The van der Waals surface area contributed by atoms with Crippen LogP contribution >= 0.6 is 0 Å². The number of amides is 2. The monoisotopic (exact) mass is 391 g/mol. The van der Waals surface area contributed by atoms with Gasteiger partial charge in [-0.05, 0) is 18.6 Å². The van der Waals surface area contributed by atoms with Crippen LogP contribution in [0.2, 0.25) is 0 Å². The summed E-state index contributed by atoms with van der Waals surface area (Å²) < 4.78 is 4.71. The molecule has 1 aromatic carbocycles. The number of aliphatic hydroxyl groups is 1. The number of β-amino-alcohol motifs (C(OH)–C–C–N with tert-alkyl or cyclic N) is 1. The topological polar surface area (TPSA) is 111 Å². The van der Waals surface area contributed by atoms with E-state index in [2.05, 4.69) is 4.90 Å². The normalized spacial score (nSPS) is 25.4. The van der Waals surface area contributed by atoms with E-state index in [1.165, 1.54) is 7.11 Å². The van der Waals surface area contributed by atoms with E-state index < -0.39 is 36.0 Å². The van der Waals surface area contributed by atoms with Gasteiger partial charge in [-0.2, -0.15) is 0 Å². The number of ether oxygens (including phenoxy) is 1. The number of methoxy groups -OCH3 is 1. The molecule has 3 unspecified atom stereocenters. The zero-order chi connectivity index (χ0) is 20.3. The first-order valence-electron chi connectivity index (χ1n) is 9.26. The smallest absolute Gasteiger partial charge is 0.410 e. The summed E-state index contributed by atoms with van der Waals surface area (Å²) in [6, 6.07) is 8.65. The van der Waals surface area contributed by atoms with E-state index in [1.54, 1.807) is 4.90 Å². The number of carboxylic acid groups (broad SMARTS) is 1. The lowest BCUT2D eigenvalue weighted by molar-refractivity contribution is -0.156. The number of carbonyl (C=O) groups excluding carboxylic acids is 2. The molecule has 0 aliphatic carbocycles. The highest BCUT2D eigenvalue weighted by Crippen LogP contribution is 2.27. The number of aliphatic carboxylic acids is 1. The van der Waals surface area contributed by atoms with Crippen LogP contribution in [0, 0.1) is 5.92 Å². The van der Waals surface area contributed by atoms with Crippen LogP contribution in [-0.2, 0) is 14.3 Å². The summed E-state index contributed by atoms with van der Waals surface area (Å²) in [5.41, 5.74) is 1.06. The Kier molecular flexibility index (Phi) is 6.03. The van der Waals surface area contributed by atoms with Crippen molar-refractivity contribution in [1.82, 2.24) is 9.80 Å². The molecular weight excluding hydrogens is 366 g/mol. The number of benzene rings is 1. The molecule has 9 heteroatoms. The van der Waals surface area contributed by atoms with Crippen molar-refractivity contribution in [3.8, 4) is 0 Å². The number of hydrogen-bond acceptors (Lipinski definition) is 6. The number of piperazine rings is 1. The Hall–Kier alpha value is -2.81. The fraction of sp³-hybridized carbons (Fsp3) is 0.526. The number of aliphatic hydroxyl groups excluding tert-OH is 1. The fourth-order valence-corrected chi connectivity index (χ4v) is 3.91. The van der Waals surface area contributed by atoms with Crippen molar-refractivity contribution in [2.75, 3.05) is 44.7 Å². The summed E-state index contributed by atoms with van der Waals surface area (Å²) in [7, 11) is 1.17. The van der Waals surface area contributed by atoms with Crippen molar-refractivity contribution in [2.45, 2.75) is 18.6 Å². The third-order valence-electron chi connectivity index (χ3n) is 5.34. The Morgan fingerprint density at radius 2 is 1.71 bits per heavy atom. The molecule has 2 N–H and O–H groups in total. The summed E-state index contributed by atoms with van der Waals surface area (Å²) in [5.74, 6) is -2.81. The standard InChI is InChI=1S/C19H25N3O6/c1-28-19(27)22-12-14(23)11-15(18(25)26)16(22)17(24)21-9-7-20(8-10-21)13-5-3-2-4-6-13/h2-6,14-16,23H,7-12H2,1H3,(H,25,26).